The topological polar surface area (TPSA) is 66.5 Å². The maximum Gasteiger partial charge on any atom is 0.185 e. The third kappa shape index (κ3) is 3.22. The van der Waals surface area contributed by atoms with E-state index < -0.39 is 0 Å². The van der Waals surface area contributed by atoms with E-state index in [-0.39, 0.29) is 6.04 Å². The molecule has 1 fully saturated rings. The third-order valence-corrected chi connectivity index (χ3v) is 3.55. The molecule has 1 heterocycles. The highest BCUT2D eigenvalue weighted by molar-refractivity contribution is 7.99. The van der Waals surface area contributed by atoms with Gasteiger partial charge in [0.15, 0.2) is 5.16 Å². The molecule has 1 aromatic heterocycles. The Morgan fingerprint density at radius 2 is 2.56 bits per heavy atom. The molecule has 0 bridgehead atoms. The molecule has 1 aliphatic rings. The van der Waals surface area contributed by atoms with E-state index in [4.69, 9.17) is 5.26 Å². The van der Waals surface area contributed by atoms with Crippen LogP contribution in [-0.4, -0.2) is 32.6 Å². The van der Waals surface area contributed by atoms with Crippen molar-refractivity contribution in [1.29, 1.82) is 5.26 Å². The van der Waals surface area contributed by atoms with Gasteiger partial charge in [-0.05, 0) is 19.3 Å². The van der Waals surface area contributed by atoms with Crippen molar-refractivity contribution in [2.45, 2.75) is 36.5 Å². The predicted octanol–water partition coefficient (Wildman–Crippen LogP) is 0.941. The summed E-state index contributed by atoms with van der Waals surface area (Å²) in [6.07, 6.45) is 4.83. The van der Waals surface area contributed by atoms with Gasteiger partial charge in [0.25, 0.3) is 0 Å². The van der Waals surface area contributed by atoms with Gasteiger partial charge in [-0.3, -0.25) is 5.32 Å². The van der Waals surface area contributed by atoms with Crippen LogP contribution in [0.1, 0.15) is 19.3 Å². The van der Waals surface area contributed by atoms with Crippen molar-refractivity contribution in [3.8, 4) is 6.07 Å². The first-order chi connectivity index (χ1) is 7.79. The predicted molar refractivity (Wildman–Crippen MR) is 61.9 cm³/mol. The molecule has 0 aliphatic heterocycles. The van der Waals surface area contributed by atoms with Gasteiger partial charge in [0, 0.05) is 18.8 Å². The minimum absolute atomic E-state index is 0.0202. The average molecular weight is 237 g/mol. The SMILES string of the molecule is Cn1ncnc1SCCC(C#N)NC1CC1. The quantitative estimate of drug-likeness (QED) is 0.746. The highest BCUT2D eigenvalue weighted by Crippen LogP contribution is 2.21. The van der Waals surface area contributed by atoms with Crippen LogP contribution in [0.15, 0.2) is 11.5 Å². The molecule has 5 nitrogen and oxygen atoms in total. The van der Waals surface area contributed by atoms with Crippen LogP contribution in [0.5, 0.6) is 0 Å². The Balaban J connectivity index is 1.70. The average Bonchev–Trinajstić information content (AvgIpc) is 3.01. The van der Waals surface area contributed by atoms with E-state index >= 15 is 0 Å². The zero-order chi connectivity index (χ0) is 11.4. The van der Waals surface area contributed by atoms with Crippen molar-refractivity contribution in [3.63, 3.8) is 0 Å². The van der Waals surface area contributed by atoms with E-state index in [9.17, 15) is 0 Å². The number of aryl methyl sites for hydroxylation is 1. The molecular weight excluding hydrogens is 222 g/mol. The first-order valence-corrected chi connectivity index (χ1v) is 6.40. The molecule has 1 aliphatic carbocycles. The van der Waals surface area contributed by atoms with Gasteiger partial charge in [-0.2, -0.15) is 10.4 Å². The Morgan fingerprint density at radius 3 is 3.12 bits per heavy atom. The van der Waals surface area contributed by atoms with Crippen molar-refractivity contribution < 1.29 is 0 Å². The molecule has 16 heavy (non-hydrogen) atoms. The van der Waals surface area contributed by atoms with Gasteiger partial charge in [-0.15, -0.1) is 0 Å². The first-order valence-electron chi connectivity index (χ1n) is 5.42. The van der Waals surface area contributed by atoms with E-state index in [1.54, 1.807) is 22.8 Å². The third-order valence-electron chi connectivity index (χ3n) is 2.48. The minimum atomic E-state index is -0.0202. The standard InChI is InChI=1S/C10H15N5S/c1-15-10(12-7-13-15)16-5-4-9(6-11)14-8-2-3-8/h7-9,14H,2-5H2,1H3. The van der Waals surface area contributed by atoms with Crippen LogP contribution >= 0.6 is 11.8 Å². The summed E-state index contributed by atoms with van der Waals surface area (Å²) in [5, 5.41) is 17.2. The summed E-state index contributed by atoms with van der Waals surface area (Å²) in [6.45, 7) is 0. The Kier molecular flexibility index (Phi) is 3.80. The van der Waals surface area contributed by atoms with Crippen LogP contribution in [0.4, 0.5) is 0 Å². The Hall–Kier alpha value is -1.06. The number of hydrogen-bond acceptors (Lipinski definition) is 5. The highest BCUT2D eigenvalue weighted by atomic mass is 32.2. The first kappa shape index (κ1) is 11.4. The molecule has 0 amide bonds. The number of thioether (sulfide) groups is 1. The van der Waals surface area contributed by atoms with E-state index in [0.29, 0.717) is 6.04 Å². The number of rotatable bonds is 6. The Morgan fingerprint density at radius 1 is 1.75 bits per heavy atom. The van der Waals surface area contributed by atoms with E-state index in [2.05, 4.69) is 21.5 Å². The van der Waals surface area contributed by atoms with Gasteiger partial charge < -0.3 is 0 Å². The van der Waals surface area contributed by atoms with Gasteiger partial charge in [-0.1, -0.05) is 11.8 Å². The van der Waals surface area contributed by atoms with Crippen molar-refractivity contribution in [2.24, 2.45) is 7.05 Å². The molecule has 1 atom stereocenters. The van der Waals surface area contributed by atoms with Crippen LogP contribution in [0.2, 0.25) is 0 Å². The summed E-state index contributed by atoms with van der Waals surface area (Å²) < 4.78 is 1.75. The van der Waals surface area contributed by atoms with Gasteiger partial charge in [0.05, 0.1) is 12.1 Å². The van der Waals surface area contributed by atoms with Crippen molar-refractivity contribution >= 4 is 11.8 Å². The lowest BCUT2D eigenvalue weighted by Gasteiger charge is -2.09. The molecule has 6 heteroatoms. The molecule has 1 aromatic rings. The lowest BCUT2D eigenvalue weighted by molar-refractivity contribution is 0.586. The molecule has 0 spiro atoms. The number of nitriles is 1. The van der Waals surface area contributed by atoms with Crippen molar-refractivity contribution in [2.75, 3.05) is 5.75 Å². The fourth-order valence-electron chi connectivity index (χ4n) is 1.40. The molecule has 0 radical (unpaired) electrons. The number of nitrogens with one attached hydrogen (secondary N) is 1. The summed E-state index contributed by atoms with van der Waals surface area (Å²) in [6, 6.07) is 2.87. The summed E-state index contributed by atoms with van der Waals surface area (Å²) in [4.78, 5) is 4.12. The van der Waals surface area contributed by atoms with E-state index in [1.165, 1.54) is 12.8 Å². The molecule has 86 valence electrons. The number of nitrogens with zero attached hydrogens (tertiary/aromatic N) is 4. The van der Waals surface area contributed by atoms with Crippen LogP contribution in [0.25, 0.3) is 0 Å². The van der Waals surface area contributed by atoms with Crippen LogP contribution < -0.4 is 5.32 Å². The Bertz CT molecular complexity index is 379. The summed E-state index contributed by atoms with van der Waals surface area (Å²) in [7, 11) is 1.87. The highest BCUT2D eigenvalue weighted by Gasteiger charge is 2.24. The fraction of sp³-hybridized carbons (Fsp3) is 0.700. The smallest absolute Gasteiger partial charge is 0.185 e. The fourth-order valence-corrected chi connectivity index (χ4v) is 2.30. The molecule has 2 rings (SSSR count). The zero-order valence-electron chi connectivity index (χ0n) is 9.26. The van der Waals surface area contributed by atoms with E-state index in [1.807, 2.05) is 7.05 Å². The monoisotopic (exact) mass is 237 g/mol. The normalized spacial score (nSPS) is 17.0. The second kappa shape index (κ2) is 5.32. The van der Waals surface area contributed by atoms with Crippen LogP contribution in [-0.2, 0) is 7.05 Å². The number of hydrogen-bond donors (Lipinski definition) is 1. The zero-order valence-corrected chi connectivity index (χ0v) is 10.1. The molecular formula is C10H15N5S. The summed E-state index contributed by atoms with van der Waals surface area (Å²) in [5.74, 6) is 0.893. The summed E-state index contributed by atoms with van der Waals surface area (Å²) in [5.41, 5.74) is 0. The molecule has 1 saturated carbocycles. The molecule has 1 unspecified atom stereocenters. The molecule has 0 aromatic carbocycles. The van der Waals surface area contributed by atoms with Crippen LogP contribution in [0, 0.1) is 11.3 Å². The molecule has 1 N–H and O–H groups in total. The maximum absolute atomic E-state index is 8.96. The lowest BCUT2D eigenvalue weighted by Crippen LogP contribution is -2.29. The Labute approximate surface area is 99.2 Å². The van der Waals surface area contributed by atoms with Crippen molar-refractivity contribution in [1.82, 2.24) is 20.1 Å². The number of aromatic nitrogens is 3. The van der Waals surface area contributed by atoms with Gasteiger partial charge in [-0.25, -0.2) is 9.67 Å². The largest absolute Gasteiger partial charge is 0.299 e. The summed E-state index contributed by atoms with van der Waals surface area (Å²) >= 11 is 1.64. The molecule has 0 saturated heterocycles. The van der Waals surface area contributed by atoms with Crippen LogP contribution in [0.3, 0.4) is 0 Å². The van der Waals surface area contributed by atoms with Gasteiger partial charge >= 0.3 is 0 Å². The van der Waals surface area contributed by atoms with E-state index in [0.717, 1.165) is 17.3 Å². The lowest BCUT2D eigenvalue weighted by atomic mass is 10.2. The van der Waals surface area contributed by atoms with Gasteiger partial charge in [0.1, 0.15) is 6.33 Å². The maximum atomic E-state index is 8.96. The second-order valence-corrected chi connectivity index (χ2v) is 4.99. The second-order valence-electron chi connectivity index (χ2n) is 3.93. The minimum Gasteiger partial charge on any atom is -0.299 e. The van der Waals surface area contributed by atoms with Crippen molar-refractivity contribution in [3.05, 3.63) is 6.33 Å². The van der Waals surface area contributed by atoms with Gasteiger partial charge in [0.2, 0.25) is 0 Å².